The van der Waals surface area contributed by atoms with Gasteiger partial charge in [0.1, 0.15) is 5.82 Å². The van der Waals surface area contributed by atoms with Gasteiger partial charge in [0.05, 0.1) is 10.8 Å². The van der Waals surface area contributed by atoms with Crippen molar-refractivity contribution in [1.82, 2.24) is 15.2 Å². The maximum atomic E-state index is 11.3. The molecule has 5 nitrogen and oxygen atoms in total. The van der Waals surface area contributed by atoms with Crippen LogP contribution in [0.1, 0.15) is 31.5 Å². The first-order valence-corrected chi connectivity index (χ1v) is 7.22. The average Bonchev–Trinajstić information content (AvgIpc) is 3.07. The summed E-state index contributed by atoms with van der Waals surface area (Å²) in [5.41, 5.74) is 0. The number of aromatic nitrogens is 3. The summed E-state index contributed by atoms with van der Waals surface area (Å²) < 4.78 is 0. The number of hydrogen-bond acceptors (Lipinski definition) is 4. The molecule has 1 aliphatic rings. The van der Waals surface area contributed by atoms with E-state index in [-0.39, 0.29) is 11.8 Å². The molecule has 0 amide bonds. The highest BCUT2D eigenvalue weighted by molar-refractivity contribution is 7.13. The van der Waals surface area contributed by atoms with Crippen LogP contribution in [-0.4, -0.2) is 26.3 Å². The molecular formula is C13H15N3O2S. The summed E-state index contributed by atoms with van der Waals surface area (Å²) in [5.74, 6) is 0.659. The maximum Gasteiger partial charge on any atom is 0.307 e. The van der Waals surface area contributed by atoms with Crippen molar-refractivity contribution >= 4 is 17.3 Å². The minimum Gasteiger partial charge on any atom is -0.481 e. The number of thiophene rings is 1. The van der Waals surface area contributed by atoms with Crippen LogP contribution in [0.4, 0.5) is 0 Å². The molecule has 0 radical (unpaired) electrons. The Morgan fingerprint density at radius 1 is 1.53 bits per heavy atom. The molecule has 2 heterocycles. The molecule has 0 saturated heterocycles. The maximum absolute atomic E-state index is 11.3. The number of nitrogens with zero attached hydrogens (tertiary/aromatic N) is 2. The van der Waals surface area contributed by atoms with Gasteiger partial charge >= 0.3 is 5.97 Å². The number of carboxylic acid groups (broad SMARTS) is 1. The molecule has 0 aromatic carbocycles. The lowest BCUT2D eigenvalue weighted by molar-refractivity contribution is -0.142. The van der Waals surface area contributed by atoms with Crippen molar-refractivity contribution in [3.8, 4) is 10.7 Å². The van der Waals surface area contributed by atoms with Crippen LogP contribution in [0.5, 0.6) is 0 Å². The summed E-state index contributed by atoms with van der Waals surface area (Å²) in [4.78, 5) is 16.8. The summed E-state index contributed by atoms with van der Waals surface area (Å²) in [6.07, 6.45) is 1.57. The molecule has 3 atom stereocenters. The van der Waals surface area contributed by atoms with Gasteiger partial charge in [-0.2, -0.15) is 5.10 Å². The number of H-pyrrole nitrogens is 1. The van der Waals surface area contributed by atoms with Gasteiger partial charge in [0, 0.05) is 5.92 Å². The molecule has 6 heteroatoms. The van der Waals surface area contributed by atoms with Gasteiger partial charge < -0.3 is 5.11 Å². The highest BCUT2D eigenvalue weighted by Crippen LogP contribution is 2.42. The second-order valence-corrected chi connectivity index (χ2v) is 6.10. The average molecular weight is 277 g/mol. The zero-order valence-electron chi connectivity index (χ0n) is 10.5. The van der Waals surface area contributed by atoms with E-state index in [1.165, 1.54) is 0 Å². The van der Waals surface area contributed by atoms with Crippen molar-refractivity contribution in [3.05, 3.63) is 23.3 Å². The topological polar surface area (TPSA) is 78.9 Å². The van der Waals surface area contributed by atoms with Gasteiger partial charge in [0.25, 0.3) is 0 Å². The van der Waals surface area contributed by atoms with Crippen LogP contribution >= 0.6 is 11.3 Å². The molecule has 2 N–H and O–H groups in total. The van der Waals surface area contributed by atoms with E-state index in [2.05, 4.69) is 22.1 Å². The fourth-order valence-electron chi connectivity index (χ4n) is 2.82. The first-order valence-electron chi connectivity index (χ1n) is 6.34. The van der Waals surface area contributed by atoms with Gasteiger partial charge in [-0.25, -0.2) is 4.98 Å². The van der Waals surface area contributed by atoms with E-state index in [1.54, 1.807) is 11.3 Å². The molecule has 100 valence electrons. The second-order valence-electron chi connectivity index (χ2n) is 5.15. The Labute approximate surface area is 114 Å². The standard InChI is InChI=1S/C13H15N3O2S/c1-7-5-8(9(6-7)13(17)18)11-14-12(16-15-11)10-3-2-4-19-10/h2-4,7-9H,5-6H2,1H3,(H,17,18)(H,14,15,16). The van der Waals surface area contributed by atoms with Crippen LogP contribution in [0.3, 0.4) is 0 Å². The Balaban J connectivity index is 1.88. The Hall–Kier alpha value is -1.69. The normalized spacial score (nSPS) is 26.7. The van der Waals surface area contributed by atoms with E-state index >= 15 is 0 Å². The lowest BCUT2D eigenvalue weighted by Gasteiger charge is -2.11. The minimum absolute atomic E-state index is 0.0475. The quantitative estimate of drug-likeness (QED) is 0.904. The summed E-state index contributed by atoms with van der Waals surface area (Å²) in [5, 5.41) is 18.4. The number of nitrogens with one attached hydrogen (secondary N) is 1. The largest absolute Gasteiger partial charge is 0.481 e. The molecule has 0 spiro atoms. The molecule has 3 unspecified atom stereocenters. The van der Waals surface area contributed by atoms with Gasteiger partial charge in [-0.3, -0.25) is 9.89 Å². The predicted molar refractivity (Wildman–Crippen MR) is 72.0 cm³/mol. The third-order valence-electron chi connectivity index (χ3n) is 3.71. The molecule has 19 heavy (non-hydrogen) atoms. The number of aliphatic carboxylic acids is 1. The lowest BCUT2D eigenvalue weighted by Crippen LogP contribution is -2.17. The van der Waals surface area contributed by atoms with Crippen LogP contribution in [0.25, 0.3) is 10.7 Å². The number of rotatable bonds is 3. The number of carbonyl (C=O) groups is 1. The van der Waals surface area contributed by atoms with E-state index < -0.39 is 5.97 Å². The first-order chi connectivity index (χ1) is 9.15. The Kier molecular flexibility index (Phi) is 3.10. The van der Waals surface area contributed by atoms with Crippen molar-refractivity contribution in [2.75, 3.05) is 0 Å². The molecule has 3 rings (SSSR count). The van der Waals surface area contributed by atoms with Gasteiger partial charge in [-0.1, -0.05) is 13.0 Å². The summed E-state index contributed by atoms with van der Waals surface area (Å²) in [7, 11) is 0. The van der Waals surface area contributed by atoms with Gasteiger partial charge in [0.2, 0.25) is 0 Å². The van der Waals surface area contributed by atoms with Crippen molar-refractivity contribution in [3.63, 3.8) is 0 Å². The smallest absolute Gasteiger partial charge is 0.307 e. The molecule has 0 aliphatic heterocycles. The van der Waals surface area contributed by atoms with E-state index in [1.807, 2.05) is 17.5 Å². The second kappa shape index (κ2) is 4.77. The van der Waals surface area contributed by atoms with Crippen molar-refractivity contribution in [2.45, 2.75) is 25.7 Å². The van der Waals surface area contributed by atoms with Crippen LogP contribution in [0.15, 0.2) is 17.5 Å². The monoisotopic (exact) mass is 277 g/mol. The number of carboxylic acids is 1. The Morgan fingerprint density at radius 3 is 3.05 bits per heavy atom. The van der Waals surface area contributed by atoms with Crippen LogP contribution in [0, 0.1) is 11.8 Å². The van der Waals surface area contributed by atoms with E-state index in [9.17, 15) is 9.90 Å². The number of aromatic amines is 1. The van der Waals surface area contributed by atoms with Gasteiger partial charge in [-0.05, 0) is 30.2 Å². The highest BCUT2D eigenvalue weighted by Gasteiger charge is 2.39. The van der Waals surface area contributed by atoms with Crippen molar-refractivity contribution in [1.29, 1.82) is 0 Å². The summed E-state index contributed by atoms with van der Waals surface area (Å²) >= 11 is 1.58. The molecule has 2 aromatic heterocycles. The summed E-state index contributed by atoms with van der Waals surface area (Å²) in [6.45, 7) is 2.09. The third kappa shape index (κ3) is 2.28. The zero-order chi connectivity index (χ0) is 13.4. The predicted octanol–water partition coefficient (Wildman–Crippen LogP) is 2.75. The molecular weight excluding hydrogens is 262 g/mol. The van der Waals surface area contributed by atoms with E-state index in [0.717, 1.165) is 17.7 Å². The number of hydrogen-bond donors (Lipinski definition) is 2. The zero-order valence-corrected chi connectivity index (χ0v) is 11.4. The molecule has 1 fully saturated rings. The van der Waals surface area contributed by atoms with E-state index in [0.29, 0.717) is 17.6 Å². The highest BCUT2D eigenvalue weighted by atomic mass is 32.1. The first kappa shape index (κ1) is 12.3. The minimum atomic E-state index is -0.733. The van der Waals surface area contributed by atoms with Gasteiger partial charge in [0.15, 0.2) is 5.82 Å². The van der Waals surface area contributed by atoms with Crippen LogP contribution in [0.2, 0.25) is 0 Å². The van der Waals surface area contributed by atoms with Gasteiger partial charge in [-0.15, -0.1) is 11.3 Å². The van der Waals surface area contributed by atoms with Crippen LogP contribution in [-0.2, 0) is 4.79 Å². The van der Waals surface area contributed by atoms with E-state index in [4.69, 9.17) is 0 Å². The molecule has 2 aromatic rings. The fraction of sp³-hybridized carbons (Fsp3) is 0.462. The van der Waals surface area contributed by atoms with Crippen molar-refractivity contribution < 1.29 is 9.90 Å². The van der Waals surface area contributed by atoms with Crippen LogP contribution < -0.4 is 0 Å². The Morgan fingerprint density at radius 2 is 2.37 bits per heavy atom. The SMILES string of the molecule is CC1CC(C(=O)O)C(c2nc(-c3cccs3)n[nH]2)C1. The van der Waals surface area contributed by atoms with Crippen molar-refractivity contribution in [2.24, 2.45) is 11.8 Å². The fourth-order valence-corrected chi connectivity index (χ4v) is 3.48. The lowest BCUT2D eigenvalue weighted by atomic mass is 9.96. The Bertz CT molecular complexity index is 578. The third-order valence-corrected chi connectivity index (χ3v) is 4.58. The summed E-state index contributed by atoms with van der Waals surface area (Å²) in [6, 6.07) is 3.91. The molecule has 1 aliphatic carbocycles. The molecule has 1 saturated carbocycles. The molecule has 0 bridgehead atoms.